The van der Waals surface area contributed by atoms with Crippen LogP contribution in [0.1, 0.15) is 25.3 Å². The number of benzene rings is 3. The van der Waals surface area contributed by atoms with Gasteiger partial charge in [0.2, 0.25) is 0 Å². The number of hydrogen-bond donors (Lipinski definition) is 2. The fourth-order valence-corrected chi connectivity index (χ4v) is 4.06. The first-order chi connectivity index (χ1) is 13.1. The molecule has 0 saturated heterocycles. The van der Waals surface area contributed by atoms with E-state index in [2.05, 4.69) is 10.2 Å². The van der Waals surface area contributed by atoms with Gasteiger partial charge in [0.15, 0.2) is 0 Å². The van der Waals surface area contributed by atoms with Crippen molar-refractivity contribution in [2.24, 2.45) is 10.2 Å². The molecule has 0 aliphatic rings. The Bertz CT molecular complexity index is 1210. The Balaban J connectivity index is 2.17. The van der Waals surface area contributed by atoms with Crippen molar-refractivity contribution < 1.29 is 18.1 Å². The van der Waals surface area contributed by atoms with Crippen LogP contribution in [0.5, 0.6) is 5.75 Å². The molecule has 0 amide bonds. The standard InChI is InChI=1S/C19H16Cl2N2O4S/c1-10(2)13-7-11-5-3-4-6-12(11)18(19(13)24)23-22-16-8-15(21)17(9-14(16)20)28(25,26)27/h3-10,24H,1-2H3,(H,25,26,27). The molecule has 0 unspecified atom stereocenters. The molecule has 146 valence electrons. The zero-order valence-electron chi connectivity index (χ0n) is 14.9. The highest BCUT2D eigenvalue weighted by molar-refractivity contribution is 7.86. The average Bonchev–Trinajstić information content (AvgIpc) is 2.61. The first-order valence-corrected chi connectivity index (χ1v) is 10.4. The lowest BCUT2D eigenvalue weighted by Crippen LogP contribution is -1.98. The van der Waals surface area contributed by atoms with Crippen LogP contribution < -0.4 is 0 Å². The lowest BCUT2D eigenvalue weighted by atomic mass is 9.96. The molecule has 0 radical (unpaired) electrons. The maximum atomic E-state index is 11.3. The van der Waals surface area contributed by atoms with Gasteiger partial charge in [-0.05, 0) is 35.1 Å². The molecule has 0 saturated carbocycles. The molecule has 3 rings (SSSR count). The van der Waals surface area contributed by atoms with Gasteiger partial charge in [0.1, 0.15) is 22.0 Å². The molecule has 0 spiro atoms. The van der Waals surface area contributed by atoms with Crippen molar-refractivity contribution in [1.29, 1.82) is 0 Å². The van der Waals surface area contributed by atoms with Gasteiger partial charge in [-0.2, -0.15) is 8.42 Å². The summed E-state index contributed by atoms with van der Waals surface area (Å²) in [7, 11) is -4.52. The van der Waals surface area contributed by atoms with Crippen LogP contribution in [0.3, 0.4) is 0 Å². The molecule has 0 aromatic heterocycles. The number of aromatic hydroxyl groups is 1. The minimum absolute atomic E-state index is 0.00854. The SMILES string of the molecule is CC(C)c1cc2ccccc2c(N=Nc2cc(Cl)c(S(=O)(=O)O)cc2Cl)c1O. The van der Waals surface area contributed by atoms with Crippen molar-refractivity contribution >= 4 is 55.5 Å². The smallest absolute Gasteiger partial charge is 0.296 e. The van der Waals surface area contributed by atoms with Gasteiger partial charge in [-0.1, -0.05) is 61.3 Å². The number of hydrogen-bond acceptors (Lipinski definition) is 5. The average molecular weight is 439 g/mol. The fraction of sp³-hybridized carbons (Fsp3) is 0.158. The van der Waals surface area contributed by atoms with Crippen molar-refractivity contribution in [2.45, 2.75) is 24.7 Å². The van der Waals surface area contributed by atoms with Gasteiger partial charge in [-0.3, -0.25) is 4.55 Å². The molecule has 0 aliphatic heterocycles. The maximum absolute atomic E-state index is 11.3. The van der Waals surface area contributed by atoms with E-state index >= 15 is 0 Å². The monoisotopic (exact) mass is 438 g/mol. The van der Waals surface area contributed by atoms with E-state index in [4.69, 9.17) is 23.2 Å². The second kappa shape index (κ2) is 7.67. The molecule has 0 aliphatic carbocycles. The minimum Gasteiger partial charge on any atom is -0.505 e. The molecular weight excluding hydrogens is 423 g/mol. The summed E-state index contributed by atoms with van der Waals surface area (Å²) in [6, 6.07) is 11.5. The number of fused-ring (bicyclic) bond motifs is 1. The minimum atomic E-state index is -4.52. The highest BCUT2D eigenvalue weighted by Crippen LogP contribution is 2.42. The quantitative estimate of drug-likeness (QED) is 0.352. The van der Waals surface area contributed by atoms with E-state index in [0.717, 1.165) is 17.0 Å². The van der Waals surface area contributed by atoms with Gasteiger partial charge >= 0.3 is 0 Å². The molecule has 2 N–H and O–H groups in total. The van der Waals surface area contributed by atoms with Crippen LogP contribution in [0, 0.1) is 0 Å². The summed E-state index contributed by atoms with van der Waals surface area (Å²) in [6.45, 7) is 3.91. The predicted octanol–water partition coefficient (Wildman–Crippen LogP) is 6.64. The van der Waals surface area contributed by atoms with Gasteiger partial charge in [0.25, 0.3) is 10.1 Å². The summed E-state index contributed by atoms with van der Waals surface area (Å²) in [5.41, 5.74) is 1.09. The number of phenols is 1. The normalized spacial score (nSPS) is 12.4. The van der Waals surface area contributed by atoms with Crippen LogP contribution in [0.4, 0.5) is 11.4 Å². The van der Waals surface area contributed by atoms with E-state index in [-0.39, 0.29) is 33.1 Å². The highest BCUT2D eigenvalue weighted by atomic mass is 35.5. The first-order valence-electron chi connectivity index (χ1n) is 8.22. The fourth-order valence-electron chi connectivity index (χ4n) is 2.78. The second-order valence-corrected chi connectivity index (χ2v) is 8.65. The number of phenolic OH excluding ortho intramolecular Hbond substituents is 1. The second-order valence-electron chi connectivity index (χ2n) is 6.45. The van der Waals surface area contributed by atoms with Gasteiger partial charge < -0.3 is 5.11 Å². The molecule has 0 heterocycles. The lowest BCUT2D eigenvalue weighted by Gasteiger charge is -2.13. The van der Waals surface area contributed by atoms with E-state index in [1.165, 1.54) is 6.07 Å². The van der Waals surface area contributed by atoms with Gasteiger partial charge in [0, 0.05) is 5.39 Å². The zero-order chi connectivity index (χ0) is 20.6. The van der Waals surface area contributed by atoms with Crippen molar-refractivity contribution in [3.63, 3.8) is 0 Å². The molecule has 0 fully saturated rings. The molecular formula is C19H16Cl2N2O4S. The zero-order valence-corrected chi connectivity index (χ0v) is 17.2. The summed E-state index contributed by atoms with van der Waals surface area (Å²) in [5.74, 6) is 0.0693. The predicted molar refractivity (Wildman–Crippen MR) is 110 cm³/mol. The highest BCUT2D eigenvalue weighted by Gasteiger charge is 2.18. The molecule has 3 aromatic carbocycles. The third-order valence-electron chi connectivity index (χ3n) is 4.18. The van der Waals surface area contributed by atoms with Crippen LogP contribution in [0.25, 0.3) is 10.8 Å². The van der Waals surface area contributed by atoms with Crippen LogP contribution in [-0.2, 0) is 10.1 Å². The summed E-state index contributed by atoms with van der Waals surface area (Å²) in [4.78, 5) is -0.520. The van der Waals surface area contributed by atoms with Gasteiger partial charge in [0.05, 0.1) is 10.0 Å². The largest absolute Gasteiger partial charge is 0.505 e. The molecule has 3 aromatic rings. The maximum Gasteiger partial charge on any atom is 0.296 e. The van der Waals surface area contributed by atoms with E-state index in [9.17, 15) is 18.1 Å². The van der Waals surface area contributed by atoms with E-state index in [0.29, 0.717) is 5.39 Å². The molecule has 28 heavy (non-hydrogen) atoms. The first kappa shape index (κ1) is 20.5. The number of azo groups is 1. The van der Waals surface area contributed by atoms with Crippen molar-refractivity contribution in [2.75, 3.05) is 0 Å². The van der Waals surface area contributed by atoms with E-state index in [1.807, 2.05) is 44.2 Å². The third kappa shape index (κ3) is 3.98. The Labute approximate surface area is 172 Å². The topological polar surface area (TPSA) is 99.3 Å². The van der Waals surface area contributed by atoms with Crippen molar-refractivity contribution in [3.05, 3.63) is 58.1 Å². The van der Waals surface area contributed by atoms with E-state index in [1.54, 1.807) is 0 Å². The molecule has 6 nitrogen and oxygen atoms in total. The van der Waals surface area contributed by atoms with Gasteiger partial charge in [-0.25, -0.2) is 0 Å². The Hall–Kier alpha value is -2.19. The number of halogens is 2. The third-order valence-corrected chi connectivity index (χ3v) is 5.80. The summed E-state index contributed by atoms with van der Waals surface area (Å²) in [5, 5.41) is 20.2. The van der Waals surface area contributed by atoms with Gasteiger partial charge in [-0.15, -0.1) is 10.2 Å². The van der Waals surface area contributed by atoms with Crippen LogP contribution in [-0.4, -0.2) is 18.1 Å². The van der Waals surface area contributed by atoms with Crippen molar-refractivity contribution in [1.82, 2.24) is 0 Å². The lowest BCUT2D eigenvalue weighted by molar-refractivity contribution is 0.467. The van der Waals surface area contributed by atoms with Crippen LogP contribution in [0.15, 0.2) is 57.6 Å². The Morgan fingerprint density at radius 1 is 1.00 bits per heavy atom. The summed E-state index contributed by atoms with van der Waals surface area (Å²) < 4.78 is 31.8. The molecule has 9 heteroatoms. The number of rotatable bonds is 4. The van der Waals surface area contributed by atoms with Crippen molar-refractivity contribution in [3.8, 4) is 5.75 Å². The Morgan fingerprint density at radius 2 is 1.68 bits per heavy atom. The van der Waals surface area contributed by atoms with Crippen LogP contribution in [0.2, 0.25) is 10.0 Å². The van der Waals surface area contributed by atoms with Crippen LogP contribution >= 0.6 is 23.2 Å². The summed E-state index contributed by atoms with van der Waals surface area (Å²) in [6.07, 6.45) is 0. The Morgan fingerprint density at radius 3 is 2.32 bits per heavy atom. The molecule has 0 bridgehead atoms. The molecule has 0 atom stereocenters. The summed E-state index contributed by atoms with van der Waals surface area (Å²) >= 11 is 12.0. The van der Waals surface area contributed by atoms with E-state index < -0.39 is 15.0 Å². The number of nitrogens with zero attached hydrogens (tertiary/aromatic N) is 2. The Kier molecular flexibility index (Phi) is 5.63.